The van der Waals surface area contributed by atoms with Gasteiger partial charge in [0, 0.05) is 5.56 Å². The third-order valence-electron chi connectivity index (χ3n) is 5.41. The van der Waals surface area contributed by atoms with Gasteiger partial charge in [-0.25, -0.2) is 32.1 Å². The number of methoxy groups -OCH3 is 4. The molecule has 0 saturated carbocycles. The smallest absolute Gasteiger partial charge is 0.488 e. The highest BCUT2D eigenvalue weighted by atomic mass is 79.9. The fourth-order valence-electron chi connectivity index (χ4n) is 3.21. The van der Waals surface area contributed by atoms with Gasteiger partial charge in [-0.05, 0) is 63.9 Å². The van der Waals surface area contributed by atoms with Gasteiger partial charge < -0.3 is 29.0 Å². The third-order valence-corrected chi connectivity index (χ3v) is 5.84. The van der Waals surface area contributed by atoms with Crippen molar-refractivity contribution >= 4 is 40.4 Å². The number of carbonyl (C=O) groups is 2. The normalized spacial score (nSPS) is 9.89. The van der Waals surface area contributed by atoms with E-state index in [2.05, 4.69) is 40.1 Å². The van der Waals surface area contributed by atoms with Crippen LogP contribution in [0, 0.1) is 23.3 Å². The average Bonchev–Trinajstić information content (AvgIpc) is 3.02. The topological polar surface area (TPSA) is 137 Å². The lowest BCUT2D eigenvalue weighted by Crippen LogP contribution is -2.29. The molecule has 232 valence electrons. The third kappa shape index (κ3) is 9.75. The number of carbonyl (C=O) groups excluding carboxylic acids is 2. The highest BCUT2D eigenvalue weighted by Gasteiger charge is 2.16. The summed E-state index contributed by atoms with van der Waals surface area (Å²) in [7, 11) is 3.38. The quantitative estimate of drug-likeness (QED) is 0.132. The number of esters is 2. The van der Waals surface area contributed by atoms with Gasteiger partial charge in [-0.3, -0.25) is 4.98 Å². The molecule has 2 heterocycles. The van der Waals surface area contributed by atoms with Gasteiger partial charge in [0.2, 0.25) is 0 Å². The summed E-state index contributed by atoms with van der Waals surface area (Å²) in [5, 5.41) is 17.3. The molecule has 0 aliphatic carbocycles. The summed E-state index contributed by atoms with van der Waals surface area (Å²) in [5.74, 6) is -4.03. The summed E-state index contributed by atoms with van der Waals surface area (Å²) < 4.78 is 71.4. The second-order valence-corrected chi connectivity index (χ2v) is 8.95. The Morgan fingerprint density at radius 1 is 0.705 bits per heavy atom. The van der Waals surface area contributed by atoms with Crippen LogP contribution in [0.2, 0.25) is 0 Å². The second-order valence-electron chi connectivity index (χ2n) is 8.14. The van der Waals surface area contributed by atoms with Crippen LogP contribution in [0.15, 0.2) is 65.5 Å². The highest BCUT2D eigenvalue weighted by Crippen LogP contribution is 2.25. The minimum absolute atomic E-state index is 0.0828. The molecular formula is C28H24BBrF4N2O8. The molecule has 10 nitrogen and oxygen atoms in total. The first-order valence-electron chi connectivity index (χ1n) is 12.0. The van der Waals surface area contributed by atoms with Crippen molar-refractivity contribution in [1.29, 1.82) is 0 Å². The predicted molar refractivity (Wildman–Crippen MR) is 153 cm³/mol. The molecule has 2 aromatic carbocycles. The minimum atomic E-state index is -1.65. The first kappa shape index (κ1) is 35.7. The van der Waals surface area contributed by atoms with Gasteiger partial charge in [-0.1, -0.05) is 6.07 Å². The Balaban J connectivity index is 0.000000244. The monoisotopic (exact) mass is 682 g/mol. The molecule has 0 atom stereocenters. The Morgan fingerprint density at radius 3 is 1.68 bits per heavy atom. The van der Waals surface area contributed by atoms with Gasteiger partial charge in [-0.2, -0.15) is 0 Å². The fraction of sp³-hybridized carbons (Fsp3) is 0.143. The first-order valence-corrected chi connectivity index (χ1v) is 12.8. The minimum Gasteiger partial charge on any atom is -0.494 e. The van der Waals surface area contributed by atoms with Crippen LogP contribution < -0.4 is 14.9 Å². The summed E-state index contributed by atoms with van der Waals surface area (Å²) in [6.07, 6.45) is 1.85. The van der Waals surface area contributed by atoms with Gasteiger partial charge >= 0.3 is 19.1 Å². The molecule has 2 aromatic heterocycles. The number of rotatable bonds is 6. The van der Waals surface area contributed by atoms with E-state index in [-0.39, 0.29) is 33.8 Å². The molecule has 0 aliphatic rings. The molecule has 2 N–H and O–H groups in total. The lowest BCUT2D eigenvalue weighted by atomic mass is 9.80. The Hall–Kier alpha value is -4.54. The molecule has 0 aliphatic heterocycles. The lowest BCUT2D eigenvalue weighted by molar-refractivity contribution is 0.0586. The van der Waals surface area contributed by atoms with E-state index >= 15 is 0 Å². The molecule has 16 heteroatoms. The molecular weight excluding hydrogens is 659 g/mol. The number of aromatic nitrogens is 2. The number of halogens is 5. The van der Waals surface area contributed by atoms with Crippen LogP contribution in [-0.4, -0.2) is 67.5 Å². The molecule has 0 radical (unpaired) electrons. The van der Waals surface area contributed by atoms with Crippen molar-refractivity contribution in [2.24, 2.45) is 0 Å². The summed E-state index contributed by atoms with van der Waals surface area (Å²) in [4.78, 5) is 29.7. The van der Waals surface area contributed by atoms with Crippen molar-refractivity contribution in [3.63, 3.8) is 0 Å². The number of benzene rings is 2. The molecule has 0 spiro atoms. The molecule has 44 heavy (non-hydrogen) atoms. The summed E-state index contributed by atoms with van der Waals surface area (Å²) in [6, 6.07) is 10.4. The van der Waals surface area contributed by atoms with E-state index in [1.165, 1.54) is 57.7 Å². The maximum atomic E-state index is 13.6. The van der Waals surface area contributed by atoms with E-state index in [1.54, 1.807) is 6.07 Å². The molecule has 0 bridgehead atoms. The van der Waals surface area contributed by atoms with Crippen LogP contribution in [0.4, 0.5) is 17.6 Å². The van der Waals surface area contributed by atoms with E-state index in [9.17, 15) is 27.2 Å². The standard InChI is InChI=1S/C14H11F2NO3.C7H8BFO3.C7H5BrFNO2/c1-19-13-4-3-8(5-10(13)15)12-6-9(14(18)20-2)11(16)7-17-12;1-12-7-3-2-5(8(10)11)4-6(7)9;1-12-7(11)4-2-6(8)10-3-5(4)9/h3-7H,1-2H3;2-4,10-11H,1H3;2-3H,1H3. The zero-order chi connectivity index (χ0) is 33.0. The number of ether oxygens (including phenoxy) is 4. The van der Waals surface area contributed by atoms with E-state index in [0.29, 0.717) is 10.2 Å². The Morgan fingerprint density at radius 2 is 1.20 bits per heavy atom. The Bertz CT molecular complexity index is 1610. The number of hydrogen-bond acceptors (Lipinski definition) is 10. The molecule has 4 aromatic rings. The Labute approximate surface area is 257 Å². The van der Waals surface area contributed by atoms with Crippen LogP contribution in [-0.2, 0) is 9.47 Å². The van der Waals surface area contributed by atoms with E-state index in [1.807, 2.05) is 0 Å². The number of nitrogens with zero attached hydrogens (tertiary/aromatic N) is 2. The van der Waals surface area contributed by atoms with Crippen molar-refractivity contribution in [2.45, 2.75) is 0 Å². The van der Waals surface area contributed by atoms with Gasteiger partial charge in [0.25, 0.3) is 0 Å². The van der Waals surface area contributed by atoms with Gasteiger partial charge in [0.1, 0.15) is 4.60 Å². The van der Waals surface area contributed by atoms with Crippen LogP contribution in [0.5, 0.6) is 11.5 Å². The van der Waals surface area contributed by atoms with Gasteiger partial charge in [0.15, 0.2) is 34.8 Å². The predicted octanol–water partition coefficient (Wildman–Crippen LogP) is 4.11. The van der Waals surface area contributed by atoms with Crippen molar-refractivity contribution < 1.29 is 56.1 Å². The summed E-state index contributed by atoms with van der Waals surface area (Å²) in [6.45, 7) is 0. The zero-order valence-electron chi connectivity index (χ0n) is 23.5. The average molecular weight is 683 g/mol. The maximum absolute atomic E-state index is 13.6. The van der Waals surface area contributed by atoms with Crippen LogP contribution in [0.3, 0.4) is 0 Å². The van der Waals surface area contributed by atoms with Crippen molar-refractivity contribution in [1.82, 2.24) is 9.97 Å². The van der Waals surface area contributed by atoms with E-state index in [0.717, 1.165) is 25.6 Å². The molecule has 4 rings (SSSR count). The van der Waals surface area contributed by atoms with Crippen molar-refractivity contribution in [3.05, 3.63) is 99.9 Å². The number of pyridine rings is 2. The lowest BCUT2D eigenvalue weighted by Gasteiger charge is -2.07. The van der Waals surface area contributed by atoms with Crippen LogP contribution >= 0.6 is 15.9 Å². The zero-order valence-corrected chi connectivity index (χ0v) is 25.1. The largest absolute Gasteiger partial charge is 0.494 e. The maximum Gasteiger partial charge on any atom is 0.488 e. The van der Waals surface area contributed by atoms with Crippen LogP contribution in [0.1, 0.15) is 20.7 Å². The van der Waals surface area contributed by atoms with Gasteiger partial charge in [0.05, 0.1) is 57.7 Å². The van der Waals surface area contributed by atoms with Gasteiger partial charge in [-0.15, -0.1) is 0 Å². The molecule has 0 fully saturated rings. The number of hydrogen-bond donors (Lipinski definition) is 2. The van der Waals surface area contributed by atoms with Crippen LogP contribution in [0.25, 0.3) is 11.3 Å². The molecule has 0 saturated heterocycles. The van der Waals surface area contributed by atoms with Crippen molar-refractivity contribution in [2.75, 3.05) is 28.4 Å². The van der Waals surface area contributed by atoms with E-state index in [4.69, 9.17) is 14.8 Å². The molecule has 0 unspecified atom stereocenters. The summed E-state index contributed by atoms with van der Waals surface area (Å²) in [5.41, 5.74) is 0.378. The molecule has 0 amide bonds. The van der Waals surface area contributed by atoms with E-state index < -0.39 is 42.3 Å². The summed E-state index contributed by atoms with van der Waals surface area (Å²) >= 11 is 3.01. The second kappa shape index (κ2) is 16.9. The first-order chi connectivity index (χ1) is 20.9. The highest BCUT2D eigenvalue weighted by molar-refractivity contribution is 9.10. The fourth-order valence-corrected chi connectivity index (χ4v) is 3.54. The van der Waals surface area contributed by atoms with Crippen molar-refractivity contribution in [3.8, 4) is 22.8 Å². The SMILES string of the molecule is COC(=O)c1cc(-c2ccc(OC)c(F)c2)ncc1F.COC(=O)c1cc(Br)ncc1F.COc1ccc(B(O)O)cc1F. The Kier molecular flexibility index (Phi) is 13.7.